The number of nitrogens with one attached hydrogen (secondary N) is 1. The maximum absolute atomic E-state index is 10.4. The van der Waals surface area contributed by atoms with E-state index in [1.165, 1.54) is 0 Å². The van der Waals surface area contributed by atoms with E-state index in [9.17, 15) is 4.79 Å². The second kappa shape index (κ2) is 3.48. The molecule has 4 heteroatoms. The summed E-state index contributed by atoms with van der Waals surface area (Å²) in [6.45, 7) is 4.13. The molecule has 1 aliphatic heterocycles. The molecular formula is C7H13N3O. The number of carbonyl (C=O) groups is 1. The van der Waals surface area contributed by atoms with Crippen LogP contribution in [0.15, 0.2) is 4.99 Å². The summed E-state index contributed by atoms with van der Waals surface area (Å²) in [6, 6.07) is 0.340. The van der Waals surface area contributed by atoms with E-state index in [-0.39, 0.29) is 6.17 Å². The normalized spacial score (nSPS) is 26.5. The van der Waals surface area contributed by atoms with Gasteiger partial charge in [0.05, 0.1) is 6.34 Å². The van der Waals surface area contributed by atoms with Crippen LogP contribution in [-0.2, 0) is 4.79 Å². The second-order valence-electron chi connectivity index (χ2n) is 2.62. The molecule has 1 N–H and O–H groups in total. The van der Waals surface area contributed by atoms with Crippen molar-refractivity contribution >= 4 is 12.6 Å². The number of hydrogen-bond acceptors (Lipinski definition) is 4. The molecule has 1 aliphatic rings. The van der Waals surface area contributed by atoms with E-state index < -0.39 is 0 Å². The van der Waals surface area contributed by atoms with Crippen LogP contribution in [0.5, 0.6) is 0 Å². The van der Waals surface area contributed by atoms with Crippen LogP contribution in [-0.4, -0.2) is 29.8 Å². The summed E-state index contributed by atoms with van der Waals surface area (Å²) in [5.41, 5.74) is 2.92. The number of aldehydes is 1. The molecule has 0 amide bonds. The summed E-state index contributed by atoms with van der Waals surface area (Å²) in [5.74, 6) is 0. The van der Waals surface area contributed by atoms with Crippen molar-refractivity contribution in [1.29, 1.82) is 0 Å². The highest BCUT2D eigenvalue weighted by atomic mass is 16.1. The number of hydrogen-bond donors (Lipinski definition) is 1. The SMILES string of the molecule is CC[C@H](C)N1NC=NC1C=O. The smallest absolute Gasteiger partial charge is 0.176 e. The van der Waals surface area contributed by atoms with Gasteiger partial charge in [0.15, 0.2) is 12.5 Å². The number of rotatable bonds is 3. The Kier molecular flexibility index (Phi) is 2.59. The highest BCUT2D eigenvalue weighted by molar-refractivity contribution is 5.66. The average molecular weight is 155 g/mol. The van der Waals surface area contributed by atoms with Gasteiger partial charge in [-0.3, -0.25) is 4.79 Å². The lowest BCUT2D eigenvalue weighted by Crippen LogP contribution is -2.45. The zero-order chi connectivity index (χ0) is 8.27. The number of carbonyl (C=O) groups excluding carboxylic acids is 1. The van der Waals surface area contributed by atoms with Gasteiger partial charge >= 0.3 is 0 Å². The molecule has 0 bridgehead atoms. The molecule has 0 spiro atoms. The molecule has 1 heterocycles. The highest BCUT2D eigenvalue weighted by Gasteiger charge is 2.23. The van der Waals surface area contributed by atoms with Crippen LogP contribution in [0.2, 0.25) is 0 Å². The Balaban J connectivity index is 2.53. The Morgan fingerprint density at radius 1 is 1.91 bits per heavy atom. The predicted octanol–water partition coefficient (Wildman–Crippen LogP) is 0.158. The van der Waals surface area contributed by atoms with Gasteiger partial charge in [-0.2, -0.15) is 5.01 Å². The van der Waals surface area contributed by atoms with E-state index >= 15 is 0 Å². The van der Waals surface area contributed by atoms with Crippen LogP contribution >= 0.6 is 0 Å². The number of nitrogens with zero attached hydrogens (tertiary/aromatic N) is 2. The molecule has 0 aromatic carbocycles. The molecule has 0 aliphatic carbocycles. The maximum Gasteiger partial charge on any atom is 0.176 e. The van der Waals surface area contributed by atoms with Crippen molar-refractivity contribution in [2.24, 2.45) is 4.99 Å². The molecule has 0 aromatic rings. The van der Waals surface area contributed by atoms with E-state index in [1.54, 1.807) is 6.34 Å². The summed E-state index contributed by atoms with van der Waals surface area (Å²) in [5, 5.41) is 1.84. The van der Waals surface area contributed by atoms with Gasteiger partial charge in [-0.1, -0.05) is 6.92 Å². The van der Waals surface area contributed by atoms with Gasteiger partial charge in [-0.15, -0.1) is 0 Å². The van der Waals surface area contributed by atoms with Gasteiger partial charge in [0.2, 0.25) is 0 Å². The second-order valence-corrected chi connectivity index (χ2v) is 2.62. The van der Waals surface area contributed by atoms with Crippen molar-refractivity contribution in [3.05, 3.63) is 0 Å². The standard InChI is InChI=1S/C7H13N3O/c1-3-6(2)10-7(4-11)8-5-9-10/h4-7H,3H2,1-2H3,(H,8,9)/t6-,7?/m0/s1. The third kappa shape index (κ3) is 1.57. The lowest BCUT2D eigenvalue weighted by atomic mass is 10.2. The van der Waals surface area contributed by atoms with Gasteiger partial charge in [0.1, 0.15) is 0 Å². The Morgan fingerprint density at radius 2 is 2.64 bits per heavy atom. The molecule has 0 fully saturated rings. The van der Waals surface area contributed by atoms with Gasteiger partial charge in [-0.05, 0) is 13.3 Å². The first-order valence-corrected chi connectivity index (χ1v) is 3.81. The lowest BCUT2D eigenvalue weighted by molar-refractivity contribution is -0.113. The summed E-state index contributed by atoms with van der Waals surface area (Å²) in [7, 11) is 0. The van der Waals surface area contributed by atoms with Gasteiger partial charge in [-0.25, -0.2) is 4.99 Å². The van der Waals surface area contributed by atoms with Gasteiger partial charge in [0, 0.05) is 6.04 Å². The lowest BCUT2D eigenvalue weighted by Gasteiger charge is -2.24. The highest BCUT2D eigenvalue weighted by Crippen LogP contribution is 2.07. The minimum absolute atomic E-state index is 0.329. The number of aliphatic imine (C=N–C) groups is 1. The molecule has 1 rings (SSSR count). The van der Waals surface area contributed by atoms with E-state index in [1.807, 2.05) is 5.01 Å². The zero-order valence-electron chi connectivity index (χ0n) is 6.82. The fourth-order valence-corrected chi connectivity index (χ4v) is 1.01. The van der Waals surface area contributed by atoms with Gasteiger partial charge in [0.25, 0.3) is 0 Å². The summed E-state index contributed by atoms with van der Waals surface area (Å²) in [6.07, 6.45) is 3.07. The Hall–Kier alpha value is -0.900. The van der Waals surface area contributed by atoms with E-state index in [2.05, 4.69) is 24.3 Å². The largest absolute Gasteiger partial charge is 0.307 e. The minimum Gasteiger partial charge on any atom is -0.307 e. The van der Waals surface area contributed by atoms with Crippen LogP contribution in [0.3, 0.4) is 0 Å². The monoisotopic (exact) mass is 155 g/mol. The van der Waals surface area contributed by atoms with E-state index in [4.69, 9.17) is 0 Å². The van der Waals surface area contributed by atoms with Crippen LogP contribution < -0.4 is 5.43 Å². The van der Waals surface area contributed by atoms with Crippen LogP contribution in [0.1, 0.15) is 20.3 Å². The third-order valence-electron chi connectivity index (χ3n) is 1.91. The number of hydrazine groups is 1. The Labute approximate surface area is 66.3 Å². The Bertz CT molecular complexity index is 169. The van der Waals surface area contributed by atoms with E-state index in [0.717, 1.165) is 12.7 Å². The molecule has 11 heavy (non-hydrogen) atoms. The van der Waals surface area contributed by atoms with Crippen molar-refractivity contribution in [2.45, 2.75) is 32.5 Å². The van der Waals surface area contributed by atoms with Crippen molar-refractivity contribution in [2.75, 3.05) is 0 Å². The fraction of sp³-hybridized carbons (Fsp3) is 0.714. The maximum atomic E-state index is 10.4. The van der Waals surface area contributed by atoms with Crippen molar-refractivity contribution in [1.82, 2.24) is 10.4 Å². The molecule has 1 unspecified atom stereocenters. The average Bonchev–Trinajstić information content (AvgIpc) is 2.50. The van der Waals surface area contributed by atoms with Gasteiger partial charge < -0.3 is 5.43 Å². The van der Waals surface area contributed by atoms with Crippen LogP contribution in [0, 0.1) is 0 Å². The summed E-state index contributed by atoms with van der Waals surface area (Å²) < 4.78 is 0. The molecule has 0 aromatic heterocycles. The topological polar surface area (TPSA) is 44.7 Å². The first-order valence-electron chi connectivity index (χ1n) is 3.81. The molecule has 0 saturated heterocycles. The molecular weight excluding hydrogens is 142 g/mol. The molecule has 0 radical (unpaired) electrons. The van der Waals surface area contributed by atoms with E-state index in [0.29, 0.717) is 6.04 Å². The van der Waals surface area contributed by atoms with Crippen molar-refractivity contribution < 1.29 is 4.79 Å². The first kappa shape index (κ1) is 8.20. The fourth-order valence-electron chi connectivity index (χ4n) is 1.01. The van der Waals surface area contributed by atoms with Crippen molar-refractivity contribution in [3.8, 4) is 0 Å². The summed E-state index contributed by atoms with van der Waals surface area (Å²) >= 11 is 0. The molecule has 62 valence electrons. The molecule has 2 atom stereocenters. The van der Waals surface area contributed by atoms with Crippen LogP contribution in [0.4, 0.5) is 0 Å². The Morgan fingerprint density at radius 3 is 3.18 bits per heavy atom. The first-order chi connectivity index (χ1) is 5.29. The quantitative estimate of drug-likeness (QED) is 0.590. The molecule has 4 nitrogen and oxygen atoms in total. The summed E-state index contributed by atoms with van der Waals surface area (Å²) in [4.78, 5) is 14.4. The predicted molar refractivity (Wildman–Crippen MR) is 43.1 cm³/mol. The minimum atomic E-state index is -0.329. The molecule has 0 saturated carbocycles. The van der Waals surface area contributed by atoms with Crippen molar-refractivity contribution in [3.63, 3.8) is 0 Å². The van der Waals surface area contributed by atoms with Crippen LogP contribution in [0.25, 0.3) is 0 Å². The third-order valence-corrected chi connectivity index (χ3v) is 1.91. The zero-order valence-corrected chi connectivity index (χ0v) is 6.82.